The fourth-order valence-corrected chi connectivity index (χ4v) is 1.42. The molecule has 0 saturated carbocycles. The highest BCUT2D eigenvalue weighted by molar-refractivity contribution is 6.00. The SMILES string of the molecule is CCCC(C)(C)C(=O)CC(=O)NCCN. The van der Waals surface area contributed by atoms with Crippen molar-refractivity contribution in [2.45, 2.75) is 40.0 Å². The van der Waals surface area contributed by atoms with E-state index in [2.05, 4.69) is 5.32 Å². The zero-order valence-electron chi connectivity index (χ0n) is 9.93. The number of carbonyl (C=O) groups excluding carboxylic acids is 2. The first kappa shape index (κ1) is 14.1. The maximum Gasteiger partial charge on any atom is 0.227 e. The Hall–Kier alpha value is -0.900. The van der Waals surface area contributed by atoms with E-state index in [4.69, 9.17) is 5.73 Å². The fraction of sp³-hybridized carbons (Fsp3) is 0.818. The van der Waals surface area contributed by atoms with Gasteiger partial charge in [-0.3, -0.25) is 9.59 Å². The minimum Gasteiger partial charge on any atom is -0.354 e. The predicted molar refractivity (Wildman–Crippen MR) is 60.4 cm³/mol. The molecular weight excluding hydrogens is 192 g/mol. The number of ketones is 1. The van der Waals surface area contributed by atoms with Gasteiger partial charge in [0.05, 0.1) is 6.42 Å². The Bertz CT molecular complexity index is 225. The van der Waals surface area contributed by atoms with Crippen LogP contribution in [0, 0.1) is 5.41 Å². The van der Waals surface area contributed by atoms with Gasteiger partial charge < -0.3 is 11.1 Å². The van der Waals surface area contributed by atoms with Crippen molar-refractivity contribution in [3.63, 3.8) is 0 Å². The van der Waals surface area contributed by atoms with E-state index >= 15 is 0 Å². The molecule has 0 aromatic heterocycles. The molecule has 0 aromatic rings. The molecule has 0 aromatic carbocycles. The molecule has 15 heavy (non-hydrogen) atoms. The minimum atomic E-state index is -0.394. The van der Waals surface area contributed by atoms with Gasteiger partial charge in [0, 0.05) is 18.5 Å². The molecular formula is C11H22N2O2. The molecule has 0 aliphatic heterocycles. The van der Waals surface area contributed by atoms with Gasteiger partial charge in [-0.2, -0.15) is 0 Å². The third kappa shape index (κ3) is 5.52. The summed E-state index contributed by atoms with van der Waals surface area (Å²) in [6.45, 7) is 6.63. The highest BCUT2D eigenvalue weighted by Gasteiger charge is 2.27. The summed E-state index contributed by atoms with van der Waals surface area (Å²) in [5.74, 6) is -0.228. The predicted octanol–water partition coefficient (Wildman–Crippen LogP) is 0.847. The van der Waals surface area contributed by atoms with Crippen molar-refractivity contribution in [3.8, 4) is 0 Å². The van der Waals surface area contributed by atoms with Crippen molar-refractivity contribution in [3.05, 3.63) is 0 Å². The Morgan fingerprint density at radius 1 is 1.33 bits per heavy atom. The Balaban J connectivity index is 4.06. The summed E-state index contributed by atoms with van der Waals surface area (Å²) in [6.07, 6.45) is 1.73. The molecule has 0 heterocycles. The zero-order valence-corrected chi connectivity index (χ0v) is 9.93. The Morgan fingerprint density at radius 3 is 2.40 bits per heavy atom. The van der Waals surface area contributed by atoms with Crippen molar-refractivity contribution in [2.24, 2.45) is 11.1 Å². The summed E-state index contributed by atoms with van der Waals surface area (Å²) < 4.78 is 0. The number of amides is 1. The molecule has 1 amide bonds. The van der Waals surface area contributed by atoms with Crippen LogP contribution in [0.1, 0.15) is 40.0 Å². The largest absolute Gasteiger partial charge is 0.354 e. The van der Waals surface area contributed by atoms with Crippen LogP contribution < -0.4 is 11.1 Å². The van der Waals surface area contributed by atoms with E-state index in [0.717, 1.165) is 12.8 Å². The summed E-state index contributed by atoms with van der Waals surface area (Å²) in [5.41, 5.74) is 4.85. The van der Waals surface area contributed by atoms with Crippen LogP contribution in [0.3, 0.4) is 0 Å². The molecule has 4 heteroatoms. The molecule has 0 fully saturated rings. The van der Waals surface area contributed by atoms with Crippen LogP contribution in [0.25, 0.3) is 0 Å². The molecule has 0 atom stereocenters. The first-order chi connectivity index (χ1) is 6.94. The number of rotatable bonds is 7. The van der Waals surface area contributed by atoms with E-state index in [1.165, 1.54) is 0 Å². The smallest absolute Gasteiger partial charge is 0.227 e. The lowest BCUT2D eigenvalue weighted by atomic mass is 9.82. The van der Waals surface area contributed by atoms with Crippen LogP contribution >= 0.6 is 0 Å². The van der Waals surface area contributed by atoms with Gasteiger partial charge in [0.2, 0.25) is 5.91 Å². The molecule has 0 spiro atoms. The Labute approximate surface area is 91.6 Å². The number of hydrogen-bond acceptors (Lipinski definition) is 3. The third-order valence-electron chi connectivity index (χ3n) is 2.42. The quantitative estimate of drug-likeness (QED) is 0.617. The zero-order chi connectivity index (χ0) is 11.9. The Morgan fingerprint density at radius 2 is 1.93 bits per heavy atom. The van der Waals surface area contributed by atoms with Crippen molar-refractivity contribution >= 4 is 11.7 Å². The minimum absolute atomic E-state index is 0.00104. The molecule has 0 rings (SSSR count). The van der Waals surface area contributed by atoms with Gasteiger partial charge in [-0.05, 0) is 6.42 Å². The molecule has 0 saturated heterocycles. The number of nitrogens with two attached hydrogens (primary N) is 1. The monoisotopic (exact) mass is 214 g/mol. The average molecular weight is 214 g/mol. The van der Waals surface area contributed by atoms with Gasteiger partial charge in [-0.15, -0.1) is 0 Å². The molecule has 88 valence electrons. The molecule has 0 unspecified atom stereocenters. The lowest BCUT2D eigenvalue weighted by Gasteiger charge is -2.21. The highest BCUT2D eigenvalue weighted by Crippen LogP contribution is 2.24. The topological polar surface area (TPSA) is 72.2 Å². The maximum atomic E-state index is 11.7. The molecule has 3 N–H and O–H groups in total. The maximum absolute atomic E-state index is 11.7. The van der Waals surface area contributed by atoms with Gasteiger partial charge in [-0.25, -0.2) is 0 Å². The van der Waals surface area contributed by atoms with Gasteiger partial charge in [0.1, 0.15) is 5.78 Å². The summed E-state index contributed by atoms with van der Waals surface area (Å²) in [7, 11) is 0. The van der Waals surface area contributed by atoms with E-state index < -0.39 is 5.41 Å². The molecule has 0 radical (unpaired) electrons. The van der Waals surface area contributed by atoms with Gasteiger partial charge in [0.15, 0.2) is 0 Å². The number of nitrogens with one attached hydrogen (secondary N) is 1. The lowest BCUT2D eigenvalue weighted by Crippen LogP contribution is -2.34. The second kappa shape index (κ2) is 6.56. The second-order valence-corrected chi connectivity index (χ2v) is 4.37. The molecule has 4 nitrogen and oxygen atoms in total. The van der Waals surface area contributed by atoms with E-state index in [9.17, 15) is 9.59 Å². The summed E-state index contributed by atoms with van der Waals surface area (Å²) in [4.78, 5) is 23.0. The van der Waals surface area contributed by atoms with Crippen molar-refractivity contribution in [2.75, 3.05) is 13.1 Å². The molecule has 0 bridgehead atoms. The molecule has 0 aliphatic rings. The van der Waals surface area contributed by atoms with E-state index in [1.54, 1.807) is 0 Å². The van der Waals surface area contributed by atoms with Crippen molar-refractivity contribution < 1.29 is 9.59 Å². The van der Waals surface area contributed by atoms with Crippen LogP contribution in [0.5, 0.6) is 0 Å². The van der Waals surface area contributed by atoms with Crippen LogP contribution in [-0.4, -0.2) is 24.8 Å². The molecule has 0 aliphatic carbocycles. The normalized spacial score (nSPS) is 11.2. The summed E-state index contributed by atoms with van der Waals surface area (Å²) in [6, 6.07) is 0. The number of Topliss-reactive ketones (excluding diaryl/α,β-unsaturated/α-hetero) is 1. The van der Waals surface area contributed by atoms with Gasteiger partial charge >= 0.3 is 0 Å². The lowest BCUT2D eigenvalue weighted by molar-refractivity contribution is -0.133. The first-order valence-corrected chi connectivity index (χ1v) is 5.44. The van der Waals surface area contributed by atoms with Crippen LogP contribution in [0.4, 0.5) is 0 Å². The van der Waals surface area contributed by atoms with Crippen LogP contribution in [-0.2, 0) is 9.59 Å². The number of carbonyl (C=O) groups is 2. The van der Waals surface area contributed by atoms with E-state index in [-0.39, 0.29) is 18.1 Å². The summed E-state index contributed by atoms with van der Waals surface area (Å²) >= 11 is 0. The van der Waals surface area contributed by atoms with Crippen LogP contribution in [0.15, 0.2) is 0 Å². The second-order valence-electron chi connectivity index (χ2n) is 4.37. The first-order valence-electron chi connectivity index (χ1n) is 5.44. The van der Waals surface area contributed by atoms with Gasteiger partial charge in [-0.1, -0.05) is 27.2 Å². The van der Waals surface area contributed by atoms with E-state index in [0.29, 0.717) is 13.1 Å². The van der Waals surface area contributed by atoms with E-state index in [1.807, 2.05) is 20.8 Å². The fourth-order valence-electron chi connectivity index (χ4n) is 1.42. The highest BCUT2D eigenvalue weighted by atomic mass is 16.2. The Kier molecular flexibility index (Phi) is 6.17. The van der Waals surface area contributed by atoms with Gasteiger partial charge in [0.25, 0.3) is 0 Å². The van der Waals surface area contributed by atoms with Crippen LogP contribution in [0.2, 0.25) is 0 Å². The number of hydrogen-bond donors (Lipinski definition) is 2. The average Bonchev–Trinajstić information content (AvgIpc) is 2.14. The summed E-state index contributed by atoms with van der Waals surface area (Å²) in [5, 5.41) is 2.59. The van der Waals surface area contributed by atoms with Crippen molar-refractivity contribution in [1.29, 1.82) is 0 Å². The standard InChI is InChI=1S/C11H22N2O2/c1-4-5-11(2,3)9(14)8-10(15)13-7-6-12/h4-8,12H2,1-3H3,(H,13,15). The third-order valence-corrected chi connectivity index (χ3v) is 2.42. The van der Waals surface area contributed by atoms with Crippen molar-refractivity contribution in [1.82, 2.24) is 5.32 Å².